The van der Waals surface area contributed by atoms with Crippen LogP contribution in [0, 0.1) is 5.82 Å². The molecule has 0 spiro atoms. The molecule has 2 aromatic carbocycles. The van der Waals surface area contributed by atoms with Crippen molar-refractivity contribution in [1.82, 2.24) is 10.2 Å². The Hall–Kier alpha value is -3.13. The first kappa shape index (κ1) is 23.2. The molecule has 30 heavy (non-hydrogen) atoms. The normalized spacial score (nSPS) is 10.3. The summed E-state index contributed by atoms with van der Waals surface area (Å²) in [6.45, 7) is 4.54. The summed E-state index contributed by atoms with van der Waals surface area (Å²) < 4.78 is 18.3. The summed E-state index contributed by atoms with van der Waals surface area (Å²) in [6, 6.07) is 9.58. The Labute approximate surface area is 179 Å². The fraction of sp³-hybridized carbons (Fsp3) is 0.286. The Morgan fingerprint density at radius 2 is 1.73 bits per heavy atom. The molecule has 0 fully saturated rings. The maximum absolute atomic E-state index is 12.9. The molecule has 0 saturated heterocycles. The van der Waals surface area contributed by atoms with Crippen molar-refractivity contribution in [3.8, 4) is 5.75 Å². The van der Waals surface area contributed by atoms with Gasteiger partial charge in [-0.15, -0.1) is 0 Å². The first-order valence-electron chi connectivity index (χ1n) is 9.37. The minimum Gasteiger partial charge on any atom is -0.482 e. The Morgan fingerprint density at radius 3 is 2.33 bits per heavy atom. The van der Waals surface area contributed by atoms with Crippen molar-refractivity contribution in [2.45, 2.75) is 13.8 Å². The molecule has 0 heterocycles. The summed E-state index contributed by atoms with van der Waals surface area (Å²) in [6.07, 6.45) is 0. The van der Waals surface area contributed by atoms with Gasteiger partial charge in [0.2, 0.25) is 5.91 Å². The van der Waals surface area contributed by atoms with Crippen LogP contribution in [-0.2, 0) is 9.59 Å². The van der Waals surface area contributed by atoms with Gasteiger partial charge in [-0.25, -0.2) is 4.39 Å². The van der Waals surface area contributed by atoms with E-state index in [2.05, 4.69) is 10.6 Å². The predicted molar refractivity (Wildman–Crippen MR) is 112 cm³/mol. The van der Waals surface area contributed by atoms with Gasteiger partial charge >= 0.3 is 0 Å². The molecular weight excluding hydrogens is 413 g/mol. The van der Waals surface area contributed by atoms with Crippen molar-refractivity contribution in [2.24, 2.45) is 0 Å². The van der Waals surface area contributed by atoms with Crippen LogP contribution >= 0.6 is 11.6 Å². The lowest BCUT2D eigenvalue weighted by Crippen LogP contribution is -2.34. The van der Waals surface area contributed by atoms with Crippen LogP contribution in [-0.4, -0.2) is 48.9 Å². The summed E-state index contributed by atoms with van der Waals surface area (Å²) in [5.74, 6) is -1.24. The number of benzene rings is 2. The number of amides is 3. The highest BCUT2D eigenvalue weighted by atomic mass is 35.5. The number of carbonyl (C=O) groups is 3. The van der Waals surface area contributed by atoms with E-state index in [0.717, 1.165) is 12.1 Å². The third-order valence-electron chi connectivity index (χ3n) is 4.20. The second-order valence-electron chi connectivity index (χ2n) is 6.24. The molecular formula is C21H23ClFN3O4. The fourth-order valence-electron chi connectivity index (χ4n) is 2.57. The van der Waals surface area contributed by atoms with Gasteiger partial charge in [0.1, 0.15) is 11.6 Å². The predicted octanol–water partition coefficient (Wildman–Crippen LogP) is 3.09. The second-order valence-corrected chi connectivity index (χ2v) is 6.64. The molecule has 0 aliphatic carbocycles. The SMILES string of the molecule is CCN(CC)C(=O)COc1ccc(NC(=O)CNC(=O)c2ccc(F)cc2)cc1Cl. The van der Waals surface area contributed by atoms with E-state index in [-0.39, 0.29) is 29.6 Å². The number of rotatable bonds is 9. The average molecular weight is 436 g/mol. The van der Waals surface area contributed by atoms with Crippen molar-refractivity contribution < 1.29 is 23.5 Å². The minimum atomic E-state index is -0.496. The number of hydrogen-bond acceptors (Lipinski definition) is 4. The lowest BCUT2D eigenvalue weighted by atomic mass is 10.2. The topological polar surface area (TPSA) is 87.7 Å². The number of nitrogens with zero attached hydrogens (tertiary/aromatic N) is 1. The van der Waals surface area contributed by atoms with Crippen LogP contribution in [0.3, 0.4) is 0 Å². The molecule has 0 atom stereocenters. The maximum Gasteiger partial charge on any atom is 0.260 e. The van der Waals surface area contributed by atoms with Crippen LogP contribution in [0.25, 0.3) is 0 Å². The van der Waals surface area contributed by atoms with Crippen LogP contribution in [0.5, 0.6) is 5.75 Å². The molecule has 2 N–H and O–H groups in total. The molecule has 0 radical (unpaired) electrons. The van der Waals surface area contributed by atoms with Gasteiger partial charge in [-0.05, 0) is 56.3 Å². The van der Waals surface area contributed by atoms with Gasteiger partial charge in [-0.3, -0.25) is 14.4 Å². The van der Waals surface area contributed by atoms with E-state index in [4.69, 9.17) is 16.3 Å². The van der Waals surface area contributed by atoms with E-state index in [9.17, 15) is 18.8 Å². The van der Waals surface area contributed by atoms with Crippen molar-refractivity contribution >= 4 is 35.0 Å². The lowest BCUT2D eigenvalue weighted by Gasteiger charge is -2.19. The van der Waals surface area contributed by atoms with Gasteiger partial charge in [0.25, 0.3) is 11.8 Å². The molecule has 2 rings (SSSR count). The number of ether oxygens (including phenoxy) is 1. The van der Waals surface area contributed by atoms with E-state index in [0.29, 0.717) is 24.5 Å². The molecule has 9 heteroatoms. The Bertz CT molecular complexity index is 902. The lowest BCUT2D eigenvalue weighted by molar-refractivity contribution is -0.133. The third kappa shape index (κ3) is 6.73. The van der Waals surface area contributed by atoms with Crippen molar-refractivity contribution in [2.75, 3.05) is 31.6 Å². The molecule has 0 unspecified atom stereocenters. The van der Waals surface area contributed by atoms with Gasteiger partial charge in [0, 0.05) is 24.3 Å². The van der Waals surface area contributed by atoms with Gasteiger partial charge in [-0.1, -0.05) is 11.6 Å². The van der Waals surface area contributed by atoms with Gasteiger partial charge in [0.15, 0.2) is 6.61 Å². The highest BCUT2D eigenvalue weighted by Gasteiger charge is 2.13. The zero-order chi connectivity index (χ0) is 22.1. The van der Waals surface area contributed by atoms with E-state index in [1.54, 1.807) is 17.0 Å². The second kappa shape index (κ2) is 11.2. The van der Waals surface area contributed by atoms with E-state index in [1.165, 1.54) is 18.2 Å². The summed E-state index contributed by atoms with van der Waals surface area (Å²) in [5.41, 5.74) is 0.649. The van der Waals surface area contributed by atoms with Crippen molar-refractivity contribution in [3.05, 3.63) is 58.9 Å². The van der Waals surface area contributed by atoms with Crippen molar-refractivity contribution in [3.63, 3.8) is 0 Å². The first-order valence-corrected chi connectivity index (χ1v) is 9.75. The van der Waals surface area contributed by atoms with E-state index >= 15 is 0 Å². The molecule has 0 aliphatic heterocycles. The zero-order valence-corrected chi connectivity index (χ0v) is 17.5. The van der Waals surface area contributed by atoms with Gasteiger partial charge in [0.05, 0.1) is 11.6 Å². The number of anilines is 1. The number of nitrogens with one attached hydrogen (secondary N) is 2. The third-order valence-corrected chi connectivity index (χ3v) is 4.49. The van der Waals surface area contributed by atoms with E-state index < -0.39 is 17.6 Å². The zero-order valence-electron chi connectivity index (χ0n) is 16.7. The summed E-state index contributed by atoms with van der Waals surface area (Å²) in [4.78, 5) is 37.6. The highest BCUT2D eigenvalue weighted by Crippen LogP contribution is 2.27. The molecule has 2 aromatic rings. The van der Waals surface area contributed by atoms with E-state index in [1.807, 2.05) is 13.8 Å². The summed E-state index contributed by atoms with van der Waals surface area (Å²) in [7, 11) is 0. The highest BCUT2D eigenvalue weighted by molar-refractivity contribution is 6.32. The maximum atomic E-state index is 12.9. The van der Waals surface area contributed by atoms with Gasteiger partial charge in [-0.2, -0.15) is 0 Å². The average Bonchev–Trinajstić information content (AvgIpc) is 2.73. The standard InChI is InChI=1S/C21H23ClFN3O4/c1-3-26(4-2)20(28)13-30-18-10-9-16(11-17(18)22)25-19(27)12-24-21(29)14-5-7-15(23)8-6-14/h5-11H,3-4,12-13H2,1-2H3,(H,24,29)(H,25,27). The van der Waals surface area contributed by atoms with Crippen LogP contribution in [0.1, 0.15) is 24.2 Å². The molecule has 160 valence electrons. The molecule has 0 aliphatic rings. The molecule has 0 bridgehead atoms. The van der Waals surface area contributed by atoms with Crippen molar-refractivity contribution in [1.29, 1.82) is 0 Å². The minimum absolute atomic E-state index is 0.136. The Morgan fingerprint density at radius 1 is 1.07 bits per heavy atom. The smallest absolute Gasteiger partial charge is 0.260 e. The number of halogens is 2. The monoisotopic (exact) mass is 435 g/mol. The number of carbonyl (C=O) groups excluding carboxylic acids is 3. The van der Waals surface area contributed by atoms with Crippen LogP contribution in [0.2, 0.25) is 5.02 Å². The number of likely N-dealkylation sites (N-methyl/N-ethyl adjacent to an activating group) is 1. The first-order chi connectivity index (χ1) is 14.3. The quantitative estimate of drug-likeness (QED) is 0.633. The summed E-state index contributed by atoms with van der Waals surface area (Å²) in [5, 5.41) is 5.28. The van der Waals surface area contributed by atoms with Crippen LogP contribution < -0.4 is 15.4 Å². The Kier molecular flexibility index (Phi) is 8.61. The van der Waals surface area contributed by atoms with Crippen LogP contribution in [0.15, 0.2) is 42.5 Å². The van der Waals surface area contributed by atoms with Crippen LogP contribution in [0.4, 0.5) is 10.1 Å². The summed E-state index contributed by atoms with van der Waals surface area (Å²) >= 11 is 6.16. The Balaban J connectivity index is 1.85. The fourth-order valence-corrected chi connectivity index (χ4v) is 2.81. The molecule has 7 nitrogen and oxygen atoms in total. The van der Waals surface area contributed by atoms with Gasteiger partial charge < -0.3 is 20.3 Å². The molecule has 0 saturated carbocycles. The molecule has 3 amide bonds. The number of hydrogen-bond donors (Lipinski definition) is 2. The largest absolute Gasteiger partial charge is 0.482 e. The molecule has 0 aromatic heterocycles.